The van der Waals surface area contributed by atoms with Gasteiger partial charge in [-0.25, -0.2) is 14.6 Å². The van der Waals surface area contributed by atoms with E-state index in [2.05, 4.69) is 31.0 Å². The third kappa shape index (κ3) is 9.78. The number of imidazole rings is 1. The molecule has 0 atom stereocenters. The number of piperidine rings is 1. The first-order valence-electron chi connectivity index (χ1n) is 17.2. The SMILES string of the molecule is COCCNc1ccc(-n2cc(-c3cnc(C(=O)Nc4ccc(C(=O)N5CCN(C(=O)C6CCNCC6)CC5)c(Cl)c4)n3C)c(C(F)(F)F)n2)nc1.O=CO. The lowest BCUT2D eigenvalue weighted by Gasteiger charge is -2.37. The molecule has 0 saturated carbocycles. The number of carbonyl (C=O) groups excluding carboxylic acids is 3. The number of pyridine rings is 1. The Kier molecular flexibility index (Phi) is 13.5. The molecule has 20 heteroatoms. The van der Waals surface area contributed by atoms with Crippen LogP contribution >= 0.6 is 11.6 Å². The predicted octanol–water partition coefficient (Wildman–Crippen LogP) is 3.64. The van der Waals surface area contributed by atoms with Crippen LogP contribution in [0.15, 0.2) is 48.9 Å². The van der Waals surface area contributed by atoms with Gasteiger partial charge in [0.15, 0.2) is 17.3 Å². The fourth-order valence-corrected chi connectivity index (χ4v) is 6.52. The number of anilines is 2. The van der Waals surface area contributed by atoms with Crippen molar-refractivity contribution in [2.75, 3.05) is 70.2 Å². The van der Waals surface area contributed by atoms with E-state index in [0.717, 1.165) is 36.8 Å². The van der Waals surface area contributed by atoms with Crippen molar-refractivity contribution < 1.29 is 42.2 Å². The number of benzene rings is 1. The lowest BCUT2D eigenvalue weighted by atomic mass is 9.96. The molecule has 16 nitrogen and oxygen atoms in total. The van der Waals surface area contributed by atoms with E-state index in [1.165, 1.54) is 48.3 Å². The maximum atomic E-state index is 14.2. The molecule has 4 aromatic rings. The molecule has 2 fully saturated rings. The summed E-state index contributed by atoms with van der Waals surface area (Å²) < 4.78 is 49.7. The highest BCUT2D eigenvalue weighted by atomic mass is 35.5. The zero-order valence-electron chi connectivity index (χ0n) is 30.0. The number of piperazine rings is 1. The number of rotatable bonds is 10. The molecule has 2 saturated heterocycles. The van der Waals surface area contributed by atoms with E-state index in [1.807, 2.05) is 4.90 Å². The second-order valence-electron chi connectivity index (χ2n) is 12.6. The van der Waals surface area contributed by atoms with Gasteiger partial charge >= 0.3 is 6.18 Å². The van der Waals surface area contributed by atoms with Gasteiger partial charge in [0, 0.05) is 64.7 Å². The molecular formula is C35H40ClF3N10O6. The highest BCUT2D eigenvalue weighted by Gasteiger charge is 2.39. The van der Waals surface area contributed by atoms with E-state index in [4.69, 9.17) is 26.2 Å². The summed E-state index contributed by atoms with van der Waals surface area (Å²) in [6, 6.07) is 7.61. The van der Waals surface area contributed by atoms with Crippen LogP contribution in [-0.4, -0.2) is 123 Å². The zero-order valence-corrected chi connectivity index (χ0v) is 30.7. The lowest BCUT2D eigenvalue weighted by molar-refractivity contribution is -0.141. The normalized spacial score (nSPS) is 14.9. The number of alkyl halides is 3. The number of amides is 3. The number of hydrogen-bond donors (Lipinski definition) is 4. The predicted molar refractivity (Wildman–Crippen MR) is 195 cm³/mol. The van der Waals surface area contributed by atoms with Crippen molar-refractivity contribution in [3.8, 4) is 17.1 Å². The summed E-state index contributed by atoms with van der Waals surface area (Å²) >= 11 is 6.50. The number of carbonyl (C=O) groups is 4. The standard InChI is InChI=1S/C34H38ClF3N10O4.CH2O2/c1-45-27(25-20-48(44-29(25)34(36,37)38)28-6-4-23(18-41-28)40-11-16-52-2)19-42-30(45)31(49)43-22-3-5-24(26(35)17-22)33(51)47-14-12-46(13-15-47)32(50)21-7-9-39-10-8-21;2-1-3/h3-6,17-21,39-40H,7-16H2,1-2H3,(H,43,49);1H,(H,2,3). The van der Waals surface area contributed by atoms with Gasteiger partial charge < -0.3 is 40.2 Å². The van der Waals surface area contributed by atoms with Gasteiger partial charge in [-0.2, -0.15) is 18.3 Å². The molecule has 3 amide bonds. The zero-order chi connectivity index (χ0) is 39.7. The Balaban J connectivity index is 0.00000187. The van der Waals surface area contributed by atoms with Gasteiger partial charge in [-0.3, -0.25) is 19.2 Å². The van der Waals surface area contributed by atoms with Gasteiger partial charge in [-0.15, -0.1) is 0 Å². The summed E-state index contributed by atoms with van der Waals surface area (Å²) in [4.78, 5) is 59.7. The van der Waals surface area contributed by atoms with Crippen molar-refractivity contribution in [2.24, 2.45) is 13.0 Å². The van der Waals surface area contributed by atoms with Crippen LogP contribution in [0.1, 0.15) is 39.5 Å². The minimum atomic E-state index is -4.82. The van der Waals surface area contributed by atoms with Crippen LogP contribution in [0.3, 0.4) is 0 Å². The number of halogens is 4. The van der Waals surface area contributed by atoms with Crippen molar-refractivity contribution in [3.63, 3.8) is 0 Å². The monoisotopic (exact) mass is 788 g/mol. The Morgan fingerprint density at radius 1 is 1.04 bits per heavy atom. The van der Waals surface area contributed by atoms with Crippen LogP contribution in [0.2, 0.25) is 5.02 Å². The minimum Gasteiger partial charge on any atom is -0.483 e. The van der Waals surface area contributed by atoms with E-state index in [0.29, 0.717) is 45.0 Å². The molecule has 0 aliphatic carbocycles. The largest absolute Gasteiger partial charge is 0.483 e. The molecule has 294 valence electrons. The van der Waals surface area contributed by atoms with Crippen LogP contribution in [-0.2, 0) is 27.5 Å². The summed E-state index contributed by atoms with van der Waals surface area (Å²) in [5.41, 5.74) is -0.326. The first-order valence-corrected chi connectivity index (χ1v) is 17.6. The van der Waals surface area contributed by atoms with Crippen LogP contribution < -0.4 is 16.0 Å². The molecule has 5 heterocycles. The lowest BCUT2D eigenvalue weighted by Crippen LogP contribution is -2.52. The van der Waals surface area contributed by atoms with Gasteiger partial charge in [0.2, 0.25) is 5.91 Å². The van der Waals surface area contributed by atoms with Crippen LogP contribution in [0.4, 0.5) is 24.5 Å². The van der Waals surface area contributed by atoms with Crippen molar-refractivity contribution in [1.82, 2.24) is 39.4 Å². The second-order valence-corrected chi connectivity index (χ2v) is 13.0. The Labute approximate surface area is 318 Å². The second kappa shape index (κ2) is 18.2. The molecule has 2 aliphatic heterocycles. The Morgan fingerprint density at radius 2 is 1.71 bits per heavy atom. The molecule has 4 N–H and O–H groups in total. The first kappa shape index (κ1) is 40.7. The van der Waals surface area contributed by atoms with Gasteiger partial charge in [0.25, 0.3) is 18.3 Å². The van der Waals surface area contributed by atoms with E-state index in [-0.39, 0.29) is 63.4 Å². The van der Waals surface area contributed by atoms with Crippen molar-refractivity contribution in [1.29, 1.82) is 0 Å². The molecule has 0 spiro atoms. The average molecular weight is 789 g/mol. The van der Waals surface area contributed by atoms with Crippen molar-refractivity contribution in [3.05, 3.63) is 71.0 Å². The van der Waals surface area contributed by atoms with Crippen molar-refractivity contribution >= 4 is 47.2 Å². The number of hydrogen-bond acceptors (Lipinski definition) is 10. The highest BCUT2D eigenvalue weighted by molar-refractivity contribution is 6.34. The van der Waals surface area contributed by atoms with Crippen LogP contribution in [0.5, 0.6) is 0 Å². The molecule has 3 aromatic heterocycles. The topological polar surface area (TPSA) is 189 Å². The number of carboxylic acid groups (broad SMARTS) is 1. The van der Waals surface area contributed by atoms with Gasteiger partial charge in [0.1, 0.15) is 0 Å². The summed E-state index contributed by atoms with van der Waals surface area (Å²) in [6.45, 7) is 4.01. The number of ether oxygens (including phenoxy) is 1. The molecule has 0 unspecified atom stereocenters. The molecular weight excluding hydrogens is 749 g/mol. The van der Waals surface area contributed by atoms with Crippen LogP contribution in [0, 0.1) is 5.92 Å². The molecule has 2 aliphatic rings. The average Bonchev–Trinajstić information content (AvgIpc) is 3.80. The molecule has 6 rings (SSSR count). The number of nitrogens with one attached hydrogen (secondary N) is 3. The third-order valence-corrected chi connectivity index (χ3v) is 9.40. The quantitative estimate of drug-likeness (QED) is 0.136. The van der Waals surface area contributed by atoms with Crippen LogP contribution in [0.25, 0.3) is 17.1 Å². The Hall–Kier alpha value is -5.53. The summed E-state index contributed by atoms with van der Waals surface area (Å²) in [5, 5.41) is 19.8. The van der Waals surface area contributed by atoms with E-state index in [9.17, 15) is 27.6 Å². The fraction of sp³-hybridized carbons (Fsp3) is 0.400. The van der Waals surface area contributed by atoms with E-state index >= 15 is 0 Å². The highest BCUT2D eigenvalue weighted by Crippen LogP contribution is 2.37. The molecule has 0 radical (unpaired) electrons. The van der Waals surface area contributed by atoms with E-state index < -0.39 is 17.8 Å². The number of aromatic nitrogens is 5. The Morgan fingerprint density at radius 3 is 2.33 bits per heavy atom. The smallest absolute Gasteiger partial charge is 0.435 e. The van der Waals surface area contributed by atoms with Gasteiger partial charge in [-0.05, 0) is 56.3 Å². The van der Waals surface area contributed by atoms with Crippen molar-refractivity contribution in [2.45, 2.75) is 19.0 Å². The van der Waals surface area contributed by atoms with Gasteiger partial charge in [0.05, 0.1) is 46.5 Å². The van der Waals surface area contributed by atoms with Gasteiger partial charge in [-0.1, -0.05) is 11.6 Å². The maximum Gasteiger partial charge on any atom is 0.435 e. The summed E-state index contributed by atoms with van der Waals surface area (Å²) in [5.74, 6) is -0.885. The third-order valence-electron chi connectivity index (χ3n) is 9.09. The molecule has 1 aromatic carbocycles. The maximum absolute atomic E-state index is 14.2. The summed E-state index contributed by atoms with van der Waals surface area (Å²) in [7, 11) is 2.99. The Bertz CT molecular complexity index is 1970. The molecule has 0 bridgehead atoms. The first-order chi connectivity index (χ1) is 26.4. The number of methoxy groups -OCH3 is 1. The summed E-state index contributed by atoms with van der Waals surface area (Å²) in [6.07, 6.45) is 0.625. The minimum absolute atomic E-state index is 0.00176. The van der Waals surface area contributed by atoms with E-state index in [1.54, 1.807) is 18.1 Å². The molecule has 55 heavy (non-hydrogen) atoms. The fourth-order valence-electron chi connectivity index (χ4n) is 6.26. The number of nitrogens with zero attached hydrogens (tertiary/aromatic N) is 7.